The molecule has 26 heavy (non-hydrogen) atoms. The van der Waals surface area contributed by atoms with Crippen LogP contribution in [0.3, 0.4) is 0 Å². The molecule has 11 heteroatoms. The second-order valence-electron chi connectivity index (χ2n) is 6.00. The summed E-state index contributed by atoms with van der Waals surface area (Å²) in [5, 5.41) is 14.8. The predicted octanol–water partition coefficient (Wildman–Crippen LogP) is 0.375. The van der Waals surface area contributed by atoms with E-state index in [0.29, 0.717) is 23.0 Å². The first-order valence-electron chi connectivity index (χ1n) is 7.94. The third-order valence-corrected chi connectivity index (χ3v) is 6.62. The van der Waals surface area contributed by atoms with Crippen LogP contribution in [-0.2, 0) is 14.6 Å². The minimum Gasteiger partial charge on any atom is -0.494 e. The zero-order chi connectivity index (χ0) is 18.7. The van der Waals surface area contributed by atoms with Gasteiger partial charge in [0.15, 0.2) is 9.84 Å². The molecule has 1 amide bonds. The summed E-state index contributed by atoms with van der Waals surface area (Å²) in [6.45, 7) is 1.95. The Morgan fingerprint density at radius 3 is 2.96 bits per heavy atom. The third kappa shape index (κ3) is 4.33. The molecule has 0 bridgehead atoms. The molecule has 1 aromatic carbocycles. The highest BCUT2D eigenvalue weighted by Crippen LogP contribution is 2.26. The molecule has 0 saturated carbocycles. The van der Waals surface area contributed by atoms with Crippen LogP contribution in [0.5, 0.6) is 5.75 Å². The van der Waals surface area contributed by atoms with E-state index in [-0.39, 0.29) is 29.2 Å². The number of nitrogens with one attached hydrogen (secondary N) is 1. The Hall–Kier alpha value is -2.14. The van der Waals surface area contributed by atoms with E-state index >= 15 is 0 Å². The normalized spacial score (nSPS) is 18.6. The number of ether oxygens (including phenoxy) is 1. The van der Waals surface area contributed by atoms with Gasteiger partial charge in [0.25, 0.3) is 0 Å². The van der Waals surface area contributed by atoms with Crippen molar-refractivity contribution in [3.05, 3.63) is 23.8 Å². The number of carbonyl (C=O) groups excluding carboxylic acids is 1. The van der Waals surface area contributed by atoms with E-state index in [1.807, 2.05) is 25.1 Å². The Morgan fingerprint density at radius 1 is 1.46 bits per heavy atom. The Kier molecular flexibility index (Phi) is 5.47. The van der Waals surface area contributed by atoms with Gasteiger partial charge in [0.1, 0.15) is 11.4 Å². The van der Waals surface area contributed by atoms with Crippen LogP contribution in [0.1, 0.15) is 12.0 Å². The number of thioether (sulfide) groups is 1. The van der Waals surface area contributed by atoms with Crippen molar-refractivity contribution in [1.82, 2.24) is 25.5 Å². The minimum absolute atomic E-state index is 0.00162. The maximum atomic E-state index is 12.1. The second kappa shape index (κ2) is 7.62. The van der Waals surface area contributed by atoms with Crippen LogP contribution < -0.4 is 10.1 Å². The number of benzene rings is 1. The lowest BCUT2D eigenvalue weighted by atomic mass is 10.2. The number of rotatable bonds is 6. The molecule has 140 valence electrons. The van der Waals surface area contributed by atoms with E-state index < -0.39 is 9.84 Å². The summed E-state index contributed by atoms with van der Waals surface area (Å²) in [6.07, 6.45) is 0.455. The first-order chi connectivity index (χ1) is 12.4. The van der Waals surface area contributed by atoms with Crippen molar-refractivity contribution in [3.8, 4) is 11.4 Å². The molecule has 3 rings (SSSR count). The molecule has 9 nitrogen and oxygen atoms in total. The van der Waals surface area contributed by atoms with Gasteiger partial charge in [-0.15, -0.1) is 5.10 Å². The van der Waals surface area contributed by atoms with Gasteiger partial charge in [-0.2, -0.15) is 4.68 Å². The van der Waals surface area contributed by atoms with Gasteiger partial charge in [-0.1, -0.05) is 17.8 Å². The second-order valence-corrected chi connectivity index (χ2v) is 9.18. The largest absolute Gasteiger partial charge is 0.494 e. The zero-order valence-electron chi connectivity index (χ0n) is 14.4. The van der Waals surface area contributed by atoms with Crippen molar-refractivity contribution in [2.24, 2.45) is 0 Å². The van der Waals surface area contributed by atoms with Crippen molar-refractivity contribution in [1.29, 1.82) is 0 Å². The summed E-state index contributed by atoms with van der Waals surface area (Å²) in [5.41, 5.74) is 1.70. The maximum Gasteiger partial charge on any atom is 0.230 e. The SMILES string of the molecule is COc1ccc(C)cc1-n1nnnc1SCC(=O)N[C@H]1CCS(=O)(=O)C1. The molecule has 1 aliphatic heterocycles. The molecular formula is C15H19N5O4S2. The summed E-state index contributed by atoms with van der Waals surface area (Å²) < 4.78 is 29.8. The number of amides is 1. The molecule has 0 aliphatic carbocycles. The van der Waals surface area contributed by atoms with E-state index in [1.165, 1.54) is 16.4 Å². The summed E-state index contributed by atoms with van der Waals surface area (Å²) in [5.74, 6) is 0.580. The standard InChI is InChI=1S/C15H19N5O4S2/c1-10-3-4-13(24-2)12(7-10)20-15(17-18-19-20)25-8-14(21)16-11-5-6-26(22,23)9-11/h3-4,7,11H,5-6,8-9H2,1-2H3,(H,16,21)/t11-/m0/s1. The molecule has 1 atom stereocenters. The van der Waals surface area contributed by atoms with Crippen molar-refractivity contribution in [2.75, 3.05) is 24.4 Å². The molecule has 2 heterocycles. The average Bonchev–Trinajstić information content (AvgIpc) is 3.19. The van der Waals surface area contributed by atoms with Crippen LogP contribution in [0.4, 0.5) is 0 Å². The van der Waals surface area contributed by atoms with Gasteiger partial charge in [-0.3, -0.25) is 4.79 Å². The van der Waals surface area contributed by atoms with Gasteiger partial charge in [0.2, 0.25) is 11.1 Å². The summed E-state index contributed by atoms with van der Waals surface area (Å²) in [6, 6.07) is 5.32. The monoisotopic (exact) mass is 397 g/mol. The van der Waals surface area contributed by atoms with Gasteiger partial charge in [-0.05, 0) is 41.5 Å². The van der Waals surface area contributed by atoms with Crippen molar-refractivity contribution < 1.29 is 17.9 Å². The lowest BCUT2D eigenvalue weighted by Gasteiger charge is -2.11. The summed E-state index contributed by atoms with van der Waals surface area (Å²) in [4.78, 5) is 12.1. The van der Waals surface area contributed by atoms with E-state index in [4.69, 9.17) is 4.74 Å². The highest BCUT2D eigenvalue weighted by atomic mass is 32.2. The lowest BCUT2D eigenvalue weighted by molar-refractivity contribution is -0.119. The molecule has 1 aliphatic rings. The van der Waals surface area contributed by atoms with Crippen LogP contribution in [0.2, 0.25) is 0 Å². The molecule has 2 aromatic rings. The van der Waals surface area contributed by atoms with E-state index in [1.54, 1.807) is 7.11 Å². The van der Waals surface area contributed by atoms with Crippen LogP contribution in [0.25, 0.3) is 5.69 Å². The average molecular weight is 397 g/mol. The molecule has 1 aromatic heterocycles. The Bertz CT molecular complexity index is 913. The minimum atomic E-state index is -3.03. The highest BCUT2D eigenvalue weighted by molar-refractivity contribution is 7.99. The number of nitrogens with zero attached hydrogens (tertiary/aromatic N) is 4. The van der Waals surface area contributed by atoms with Crippen molar-refractivity contribution in [2.45, 2.75) is 24.5 Å². The molecule has 0 radical (unpaired) electrons. The van der Waals surface area contributed by atoms with Crippen molar-refractivity contribution >= 4 is 27.5 Å². The number of carbonyl (C=O) groups is 1. The molecule has 1 fully saturated rings. The molecule has 1 N–H and O–H groups in total. The number of aromatic nitrogens is 4. The first-order valence-corrected chi connectivity index (χ1v) is 10.7. The zero-order valence-corrected chi connectivity index (χ0v) is 16.0. The van der Waals surface area contributed by atoms with Gasteiger partial charge in [-0.25, -0.2) is 8.42 Å². The molecule has 1 saturated heterocycles. The number of sulfone groups is 1. The number of hydrogen-bond acceptors (Lipinski definition) is 8. The summed E-state index contributed by atoms with van der Waals surface area (Å²) in [7, 11) is -1.46. The van der Waals surface area contributed by atoms with E-state index in [2.05, 4.69) is 20.8 Å². The van der Waals surface area contributed by atoms with Crippen LogP contribution in [0.15, 0.2) is 23.4 Å². The van der Waals surface area contributed by atoms with Crippen LogP contribution in [0, 0.1) is 6.92 Å². The first kappa shape index (κ1) is 18.6. The fourth-order valence-corrected chi connectivity index (χ4v) is 5.06. The van der Waals surface area contributed by atoms with Crippen molar-refractivity contribution in [3.63, 3.8) is 0 Å². The molecule has 0 unspecified atom stereocenters. The number of aryl methyl sites for hydroxylation is 1. The lowest BCUT2D eigenvalue weighted by Crippen LogP contribution is -2.36. The number of hydrogen-bond donors (Lipinski definition) is 1. The summed E-state index contributed by atoms with van der Waals surface area (Å²) >= 11 is 1.17. The van der Waals surface area contributed by atoms with E-state index in [9.17, 15) is 13.2 Å². The quantitative estimate of drug-likeness (QED) is 0.695. The van der Waals surface area contributed by atoms with Crippen LogP contribution >= 0.6 is 11.8 Å². The number of tetrazole rings is 1. The highest BCUT2D eigenvalue weighted by Gasteiger charge is 2.29. The fourth-order valence-electron chi connectivity index (χ4n) is 2.69. The topological polar surface area (TPSA) is 116 Å². The molecule has 0 spiro atoms. The Balaban J connectivity index is 1.66. The fraction of sp³-hybridized carbons (Fsp3) is 0.467. The maximum absolute atomic E-state index is 12.1. The van der Waals surface area contributed by atoms with Gasteiger partial charge in [0.05, 0.1) is 24.4 Å². The smallest absolute Gasteiger partial charge is 0.230 e. The predicted molar refractivity (Wildman–Crippen MR) is 96.4 cm³/mol. The number of methoxy groups -OCH3 is 1. The third-order valence-electron chi connectivity index (χ3n) is 3.93. The van der Waals surface area contributed by atoms with E-state index in [0.717, 1.165) is 5.56 Å². The van der Waals surface area contributed by atoms with Gasteiger partial charge < -0.3 is 10.1 Å². The van der Waals surface area contributed by atoms with Crippen LogP contribution in [-0.4, -0.2) is 64.9 Å². The Labute approximate surface area is 155 Å². The Morgan fingerprint density at radius 2 is 2.27 bits per heavy atom. The van der Waals surface area contributed by atoms with Gasteiger partial charge >= 0.3 is 0 Å². The van der Waals surface area contributed by atoms with Gasteiger partial charge in [0, 0.05) is 6.04 Å². The molecular weight excluding hydrogens is 378 g/mol.